The van der Waals surface area contributed by atoms with Gasteiger partial charge in [-0.2, -0.15) is 5.10 Å². The molecule has 0 aromatic carbocycles. The van der Waals surface area contributed by atoms with Crippen LogP contribution in [0.2, 0.25) is 0 Å². The van der Waals surface area contributed by atoms with E-state index in [0.29, 0.717) is 12.3 Å². The second kappa shape index (κ2) is 6.58. The number of ether oxygens (including phenoxy) is 1. The molecule has 1 aromatic rings. The highest BCUT2D eigenvalue weighted by Gasteiger charge is 2.28. The topological polar surface area (TPSA) is 59.4 Å². The van der Waals surface area contributed by atoms with Gasteiger partial charge in [-0.3, -0.25) is 14.4 Å². The number of nitrogens with zero attached hydrogens (tertiary/aromatic N) is 3. The molecule has 21 heavy (non-hydrogen) atoms. The first-order chi connectivity index (χ1) is 10.3. The first-order valence-electron chi connectivity index (χ1n) is 7.79. The van der Waals surface area contributed by atoms with Gasteiger partial charge in [0.05, 0.1) is 18.2 Å². The van der Waals surface area contributed by atoms with Gasteiger partial charge >= 0.3 is 0 Å². The summed E-state index contributed by atoms with van der Waals surface area (Å²) in [6, 6.07) is 2.20. The van der Waals surface area contributed by atoms with Crippen molar-refractivity contribution in [1.29, 1.82) is 0 Å². The molecular formula is C15H24N4O2. The molecule has 1 saturated heterocycles. The highest BCUT2D eigenvalue weighted by atomic mass is 16.5. The third-order valence-corrected chi connectivity index (χ3v) is 4.51. The van der Waals surface area contributed by atoms with Crippen LogP contribution in [-0.2, 0) is 16.1 Å². The molecule has 1 fully saturated rings. The molecular weight excluding hydrogens is 268 g/mol. The van der Waals surface area contributed by atoms with Crippen LogP contribution in [0.1, 0.15) is 31.0 Å². The Morgan fingerprint density at radius 1 is 1.48 bits per heavy atom. The van der Waals surface area contributed by atoms with E-state index >= 15 is 0 Å². The van der Waals surface area contributed by atoms with E-state index in [0.717, 1.165) is 45.7 Å². The fourth-order valence-electron chi connectivity index (χ4n) is 3.36. The van der Waals surface area contributed by atoms with Gasteiger partial charge in [0.25, 0.3) is 0 Å². The van der Waals surface area contributed by atoms with Crippen molar-refractivity contribution in [2.24, 2.45) is 5.92 Å². The minimum atomic E-state index is 0.0781. The van der Waals surface area contributed by atoms with Crippen LogP contribution >= 0.6 is 0 Å². The third-order valence-electron chi connectivity index (χ3n) is 4.51. The van der Waals surface area contributed by atoms with E-state index in [-0.39, 0.29) is 11.9 Å². The van der Waals surface area contributed by atoms with Gasteiger partial charge in [-0.25, -0.2) is 0 Å². The summed E-state index contributed by atoms with van der Waals surface area (Å²) in [7, 11) is 1.69. The molecule has 0 spiro atoms. The summed E-state index contributed by atoms with van der Waals surface area (Å²) in [4.78, 5) is 14.2. The zero-order chi connectivity index (χ0) is 14.7. The summed E-state index contributed by atoms with van der Waals surface area (Å²) >= 11 is 0. The van der Waals surface area contributed by atoms with Gasteiger partial charge in [0.1, 0.15) is 0 Å². The van der Waals surface area contributed by atoms with Gasteiger partial charge in [-0.15, -0.1) is 0 Å². The Labute approximate surface area is 125 Å². The third kappa shape index (κ3) is 3.44. The van der Waals surface area contributed by atoms with E-state index in [1.807, 2.05) is 10.9 Å². The van der Waals surface area contributed by atoms with Crippen LogP contribution in [0, 0.1) is 5.92 Å². The van der Waals surface area contributed by atoms with Crippen LogP contribution in [0.3, 0.4) is 0 Å². The molecule has 1 amide bonds. The van der Waals surface area contributed by atoms with Crippen LogP contribution < -0.4 is 5.32 Å². The summed E-state index contributed by atoms with van der Waals surface area (Å²) < 4.78 is 7.46. The van der Waals surface area contributed by atoms with E-state index < -0.39 is 0 Å². The lowest BCUT2D eigenvalue weighted by atomic mass is 9.98. The highest BCUT2D eigenvalue weighted by Crippen LogP contribution is 2.25. The second-order valence-corrected chi connectivity index (χ2v) is 6.05. The molecule has 3 heterocycles. The number of nitrogens with one attached hydrogen (secondary N) is 1. The van der Waals surface area contributed by atoms with Crippen molar-refractivity contribution in [2.75, 3.05) is 33.4 Å². The van der Waals surface area contributed by atoms with Crippen molar-refractivity contribution in [1.82, 2.24) is 20.0 Å². The monoisotopic (exact) mass is 292 g/mol. The summed E-state index contributed by atoms with van der Waals surface area (Å²) in [5, 5.41) is 7.11. The summed E-state index contributed by atoms with van der Waals surface area (Å²) in [6.45, 7) is 4.70. The smallest absolute Gasteiger partial charge is 0.221 e. The van der Waals surface area contributed by atoms with Crippen LogP contribution in [0.15, 0.2) is 12.3 Å². The van der Waals surface area contributed by atoms with Gasteiger partial charge in [-0.05, 0) is 24.8 Å². The van der Waals surface area contributed by atoms with E-state index in [2.05, 4.69) is 21.4 Å². The van der Waals surface area contributed by atoms with Crippen LogP contribution in [0.5, 0.6) is 0 Å². The van der Waals surface area contributed by atoms with E-state index in [4.69, 9.17) is 4.74 Å². The van der Waals surface area contributed by atoms with Crippen molar-refractivity contribution < 1.29 is 9.53 Å². The minimum Gasteiger partial charge on any atom is -0.381 e. The van der Waals surface area contributed by atoms with Gasteiger partial charge in [-0.1, -0.05) is 0 Å². The minimum absolute atomic E-state index is 0.0781. The maximum Gasteiger partial charge on any atom is 0.221 e. The summed E-state index contributed by atoms with van der Waals surface area (Å²) in [6.07, 6.45) is 4.63. The molecule has 1 atom stereocenters. The number of carbonyl (C=O) groups is 1. The summed E-state index contributed by atoms with van der Waals surface area (Å²) in [5.41, 5.74) is 1.21. The van der Waals surface area contributed by atoms with Crippen LogP contribution in [-0.4, -0.2) is 53.9 Å². The van der Waals surface area contributed by atoms with Gasteiger partial charge in [0.2, 0.25) is 5.91 Å². The number of aromatic nitrogens is 2. The van der Waals surface area contributed by atoms with E-state index in [9.17, 15) is 4.79 Å². The molecule has 3 rings (SSSR count). The van der Waals surface area contributed by atoms with Crippen molar-refractivity contribution in [2.45, 2.75) is 31.8 Å². The van der Waals surface area contributed by atoms with Gasteiger partial charge in [0.15, 0.2) is 0 Å². The Morgan fingerprint density at radius 2 is 2.29 bits per heavy atom. The lowest BCUT2D eigenvalue weighted by Gasteiger charge is -2.36. The first-order valence-corrected chi connectivity index (χ1v) is 7.79. The number of rotatable bonds is 4. The van der Waals surface area contributed by atoms with Crippen molar-refractivity contribution >= 4 is 5.91 Å². The average Bonchev–Trinajstić information content (AvgIpc) is 2.97. The zero-order valence-electron chi connectivity index (χ0n) is 12.6. The Kier molecular flexibility index (Phi) is 4.55. The lowest BCUT2D eigenvalue weighted by molar-refractivity contribution is -0.121. The number of hydrogen-bond donors (Lipinski definition) is 1. The molecule has 2 aliphatic heterocycles. The molecule has 1 aromatic heterocycles. The first kappa shape index (κ1) is 14.5. The molecule has 0 bridgehead atoms. The maximum atomic E-state index is 11.7. The van der Waals surface area contributed by atoms with Crippen molar-refractivity contribution in [3.63, 3.8) is 0 Å². The Hall–Kier alpha value is -1.40. The van der Waals surface area contributed by atoms with Crippen LogP contribution in [0.4, 0.5) is 0 Å². The normalized spacial score (nSPS) is 23.8. The molecule has 1 N–H and O–H groups in total. The van der Waals surface area contributed by atoms with Gasteiger partial charge in [0, 0.05) is 46.1 Å². The predicted molar refractivity (Wildman–Crippen MR) is 78.8 cm³/mol. The van der Waals surface area contributed by atoms with Crippen molar-refractivity contribution in [3.8, 4) is 0 Å². The molecule has 0 aliphatic carbocycles. The Balaban J connectivity index is 1.66. The fourth-order valence-corrected chi connectivity index (χ4v) is 3.36. The lowest BCUT2D eigenvalue weighted by Crippen LogP contribution is -2.42. The largest absolute Gasteiger partial charge is 0.381 e. The highest BCUT2D eigenvalue weighted by molar-refractivity contribution is 5.76. The van der Waals surface area contributed by atoms with E-state index in [1.165, 1.54) is 5.69 Å². The Morgan fingerprint density at radius 3 is 3.05 bits per heavy atom. The summed E-state index contributed by atoms with van der Waals surface area (Å²) in [5.74, 6) is 0.795. The molecule has 1 unspecified atom stereocenters. The standard InChI is InChI=1S/C15H24N4O2/c1-16-15(20)8-14-11-18(9-12-3-6-21-7-4-12)10-13-2-5-17-19(13)14/h2,5,12,14H,3-4,6-11H2,1H3,(H,16,20). The molecule has 0 radical (unpaired) electrons. The number of amides is 1. The maximum absolute atomic E-state index is 11.7. The second-order valence-electron chi connectivity index (χ2n) is 6.05. The number of carbonyl (C=O) groups excluding carboxylic acids is 1. The number of hydrogen-bond acceptors (Lipinski definition) is 4. The molecule has 2 aliphatic rings. The Bertz CT molecular complexity index is 482. The van der Waals surface area contributed by atoms with Crippen molar-refractivity contribution in [3.05, 3.63) is 18.0 Å². The molecule has 116 valence electrons. The molecule has 6 heteroatoms. The van der Waals surface area contributed by atoms with Gasteiger partial charge < -0.3 is 10.1 Å². The van der Waals surface area contributed by atoms with Crippen LogP contribution in [0.25, 0.3) is 0 Å². The van der Waals surface area contributed by atoms with E-state index in [1.54, 1.807) is 7.05 Å². The molecule has 6 nitrogen and oxygen atoms in total. The average molecular weight is 292 g/mol. The predicted octanol–water partition coefficient (Wildman–Crippen LogP) is 0.802. The number of fused-ring (bicyclic) bond motifs is 1. The zero-order valence-corrected chi connectivity index (χ0v) is 12.6. The quantitative estimate of drug-likeness (QED) is 0.892. The SMILES string of the molecule is CNC(=O)CC1CN(CC2CCOCC2)Cc2ccnn21. The molecule has 0 saturated carbocycles. The fraction of sp³-hybridized carbons (Fsp3) is 0.733.